The van der Waals surface area contributed by atoms with Crippen molar-refractivity contribution < 1.29 is 23.5 Å². The third-order valence-electron chi connectivity index (χ3n) is 3.89. The van der Waals surface area contributed by atoms with E-state index in [1.165, 1.54) is 37.4 Å². The van der Waals surface area contributed by atoms with E-state index in [2.05, 4.69) is 15.4 Å². The maximum Gasteiger partial charge on any atom is 0.337 e. The Balaban J connectivity index is 2.12. The van der Waals surface area contributed by atoms with E-state index in [0.29, 0.717) is 11.3 Å². The highest BCUT2D eigenvalue weighted by atomic mass is 19.1. The smallest absolute Gasteiger partial charge is 0.337 e. The van der Waals surface area contributed by atoms with E-state index in [4.69, 9.17) is 0 Å². The highest BCUT2D eigenvalue weighted by molar-refractivity contribution is 6.01. The molecule has 27 heavy (non-hydrogen) atoms. The van der Waals surface area contributed by atoms with Crippen molar-refractivity contribution in [2.45, 2.75) is 19.9 Å². The van der Waals surface area contributed by atoms with Gasteiger partial charge in [-0.1, -0.05) is 19.9 Å². The van der Waals surface area contributed by atoms with Gasteiger partial charge < -0.3 is 15.4 Å². The summed E-state index contributed by atoms with van der Waals surface area (Å²) in [6, 6.07) is 10.5. The number of amides is 2. The zero-order valence-electron chi connectivity index (χ0n) is 15.3. The SMILES string of the molecule is COC(=O)c1cccc(NC(=O)C(NC(=O)c2ccc(F)cc2)C(C)C)c1. The molecule has 6 nitrogen and oxygen atoms in total. The monoisotopic (exact) mass is 372 g/mol. The first-order valence-electron chi connectivity index (χ1n) is 8.37. The van der Waals surface area contributed by atoms with Crippen molar-refractivity contribution in [1.29, 1.82) is 0 Å². The number of benzene rings is 2. The van der Waals surface area contributed by atoms with Crippen molar-refractivity contribution in [2.75, 3.05) is 12.4 Å². The van der Waals surface area contributed by atoms with Crippen LogP contribution in [0.4, 0.5) is 10.1 Å². The fraction of sp³-hybridized carbons (Fsp3) is 0.250. The number of hydrogen-bond acceptors (Lipinski definition) is 4. The van der Waals surface area contributed by atoms with Gasteiger partial charge in [0.05, 0.1) is 12.7 Å². The number of hydrogen-bond donors (Lipinski definition) is 2. The summed E-state index contributed by atoms with van der Waals surface area (Å²) in [6.45, 7) is 3.58. The van der Waals surface area contributed by atoms with Crippen molar-refractivity contribution in [1.82, 2.24) is 5.32 Å². The van der Waals surface area contributed by atoms with Crippen LogP contribution in [0.1, 0.15) is 34.6 Å². The van der Waals surface area contributed by atoms with Gasteiger partial charge in [0.15, 0.2) is 0 Å². The average molecular weight is 372 g/mol. The molecule has 0 saturated heterocycles. The van der Waals surface area contributed by atoms with Crippen LogP contribution >= 0.6 is 0 Å². The maximum absolute atomic E-state index is 13.0. The van der Waals surface area contributed by atoms with E-state index >= 15 is 0 Å². The number of esters is 1. The van der Waals surface area contributed by atoms with Crippen molar-refractivity contribution in [3.8, 4) is 0 Å². The van der Waals surface area contributed by atoms with Crippen molar-refractivity contribution in [3.63, 3.8) is 0 Å². The molecule has 142 valence electrons. The van der Waals surface area contributed by atoms with Crippen LogP contribution in [0.15, 0.2) is 48.5 Å². The van der Waals surface area contributed by atoms with Crippen molar-refractivity contribution >= 4 is 23.5 Å². The molecule has 0 saturated carbocycles. The summed E-state index contributed by atoms with van der Waals surface area (Å²) < 4.78 is 17.7. The van der Waals surface area contributed by atoms with Gasteiger partial charge in [0.1, 0.15) is 11.9 Å². The second kappa shape index (κ2) is 8.93. The van der Waals surface area contributed by atoms with E-state index in [1.54, 1.807) is 32.0 Å². The first kappa shape index (κ1) is 20.1. The van der Waals surface area contributed by atoms with Gasteiger partial charge in [-0.2, -0.15) is 0 Å². The zero-order valence-corrected chi connectivity index (χ0v) is 15.3. The van der Waals surface area contributed by atoms with Gasteiger partial charge >= 0.3 is 5.97 Å². The molecule has 0 bridgehead atoms. The summed E-state index contributed by atoms with van der Waals surface area (Å²) in [7, 11) is 1.27. The molecule has 0 heterocycles. The molecule has 1 unspecified atom stereocenters. The topological polar surface area (TPSA) is 84.5 Å². The second-order valence-electron chi connectivity index (χ2n) is 6.26. The molecule has 0 spiro atoms. The predicted octanol–water partition coefficient (Wildman–Crippen LogP) is 3.01. The molecule has 7 heteroatoms. The van der Waals surface area contributed by atoms with Crippen LogP contribution in [0.5, 0.6) is 0 Å². The molecular formula is C20H21FN2O4. The number of ether oxygens (including phenoxy) is 1. The minimum absolute atomic E-state index is 0.196. The number of anilines is 1. The summed E-state index contributed by atoms with van der Waals surface area (Å²) in [5.74, 6) is -2.07. The van der Waals surface area contributed by atoms with Crippen LogP contribution in [-0.2, 0) is 9.53 Å². The third-order valence-corrected chi connectivity index (χ3v) is 3.89. The largest absolute Gasteiger partial charge is 0.465 e. The number of rotatable bonds is 6. The van der Waals surface area contributed by atoms with Crippen LogP contribution in [0.25, 0.3) is 0 Å². The molecule has 0 radical (unpaired) electrons. The minimum atomic E-state index is -0.815. The maximum atomic E-state index is 13.0. The quantitative estimate of drug-likeness (QED) is 0.764. The third kappa shape index (κ3) is 5.37. The Morgan fingerprint density at radius 2 is 1.67 bits per heavy atom. The Bertz CT molecular complexity index is 834. The molecule has 2 aromatic rings. The van der Waals surface area contributed by atoms with Gasteiger partial charge in [-0.15, -0.1) is 0 Å². The number of halogens is 1. The fourth-order valence-electron chi connectivity index (χ4n) is 2.42. The summed E-state index contributed by atoms with van der Waals surface area (Å²) >= 11 is 0. The first-order chi connectivity index (χ1) is 12.8. The Kier molecular flexibility index (Phi) is 6.65. The molecule has 2 aromatic carbocycles. The molecule has 1 atom stereocenters. The van der Waals surface area contributed by atoms with Crippen LogP contribution < -0.4 is 10.6 Å². The van der Waals surface area contributed by atoms with Gasteiger partial charge in [-0.3, -0.25) is 9.59 Å². The average Bonchev–Trinajstić information content (AvgIpc) is 2.65. The van der Waals surface area contributed by atoms with E-state index in [1.807, 2.05) is 0 Å². The Labute approximate surface area is 156 Å². The molecule has 2 N–H and O–H groups in total. The fourth-order valence-corrected chi connectivity index (χ4v) is 2.42. The van der Waals surface area contributed by atoms with Gasteiger partial charge in [0.25, 0.3) is 5.91 Å². The Hall–Kier alpha value is -3.22. The summed E-state index contributed by atoms with van der Waals surface area (Å²) in [4.78, 5) is 36.6. The molecule has 0 aliphatic carbocycles. The highest BCUT2D eigenvalue weighted by Crippen LogP contribution is 2.14. The van der Waals surface area contributed by atoms with E-state index in [9.17, 15) is 18.8 Å². The number of nitrogens with one attached hydrogen (secondary N) is 2. The Morgan fingerprint density at radius 3 is 2.26 bits per heavy atom. The number of carbonyl (C=O) groups is 3. The zero-order chi connectivity index (χ0) is 20.0. The van der Waals surface area contributed by atoms with Gasteiger partial charge in [-0.05, 0) is 48.4 Å². The first-order valence-corrected chi connectivity index (χ1v) is 8.37. The molecule has 0 aliphatic rings. The second-order valence-corrected chi connectivity index (χ2v) is 6.26. The lowest BCUT2D eigenvalue weighted by Crippen LogP contribution is -2.47. The summed E-state index contributed by atoms with van der Waals surface area (Å²) in [6.07, 6.45) is 0. The minimum Gasteiger partial charge on any atom is -0.465 e. The normalized spacial score (nSPS) is 11.6. The van der Waals surface area contributed by atoms with E-state index in [-0.39, 0.29) is 11.5 Å². The van der Waals surface area contributed by atoms with Gasteiger partial charge in [0.2, 0.25) is 5.91 Å². The van der Waals surface area contributed by atoms with Gasteiger partial charge in [0, 0.05) is 11.3 Å². The lowest BCUT2D eigenvalue weighted by molar-refractivity contribution is -0.118. The molecule has 2 rings (SSSR count). The molecule has 0 fully saturated rings. The Morgan fingerprint density at radius 1 is 1.00 bits per heavy atom. The number of carbonyl (C=O) groups excluding carboxylic acids is 3. The van der Waals surface area contributed by atoms with Crippen molar-refractivity contribution in [2.24, 2.45) is 5.92 Å². The van der Waals surface area contributed by atoms with Crippen LogP contribution in [0, 0.1) is 11.7 Å². The van der Waals surface area contributed by atoms with Crippen molar-refractivity contribution in [3.05, 3.63) is 65.5 Å². The number of methoxy groups -OCH3 is 1. The van der Waals surface area contributed by atoms with Crippen LogP contribution in [0.3, 0.4) is 0 Å². The van der Waals surface area contributed by atoms with E-state index < -0.39 is 29.6 Å². The molecule has 0 aromatic heterocycles. The van der Waals surface area contributed by atoms with E-state index in [0.717, 1.165) is 0 Å². The molecular weight excluding hydrogens is 351 g/mol. The lowest BCUT2D eigenvalue weighted by Gasteiger charge is -2.22. The highest BCUT2D eigenvalue weighted by Gasteiger charge is 2.25. The standard InChI is InChI=1S/C20H21FN2O4/c1-12(2)17(23-18(24)13-7-9-15(21)10-8-13)19(25)22-16-6-4-5-14(11-16)20(26)27-3/h4-12,17H,1-3H3,(H,22,25)(H,23,24). The van der Waals surface area contributed by atoms with Gasteiger partial charge in [-0.25, -0.2) is 9.18 Å². The summed E-state index contributed by atoms with van der Waals surface area (Å²) in [5.41, 5.74) is 0.957. The van der Waals surface area contributed by atoms with Crippen LogP contribution in [0.2, 0.25) is 0 Å². The molecule has 2 amide bonds. The summed E-state index contributed by atoms with van der Waals surface area (Å²) in [5, 5.41) is 5.34. The predicted molar refractivity (Wildman–Crippen MR) is 98.9 cm³/mol. The lowest BCUT2D eigenvalue weighted by atomic mass is 10.0. The molecule has 0 aliphatic heterocycles. The van der Waals surface area contributed by atoms with Crippen LogP contribution in [-0.4, -0.2) is 30.9 Å².